The van der Waals surface area contributed by atoms with Gasteiger partial charge in [0.15, 0.2) is 0 Å². The van der Waals surface area contributed by atoms with Gasteiger partial charge in [0, 0.05) is 0 Å². The van der Waals surface area contributed by atoms with E-state index in [2.05, 4.69) is 0 Å². The number of thioether (sulfide) groups is 1. The Bertz CT molecular complexity index is 199. The van der Waals surface area contributed by atoms with Crippen LogP contribution < -0.4 is 0 Å². The van der Waals surface area contributed by atoms with E-state index in [1.807, 2.05) is 0 Å². The molecule has 0 atom stereocenters. The minimum atomic E-state index is -0.466. The fraction of sp³-hybridized carbons (Fsp3) is 0. The summed E-state index contributed by atoms with van der Waals surface area (Å²) in [7, 11) is 0. The first-order chi connectivity index (χ1) is 4.13. The maximum Gasteiger partial charge on any atom is 0.240 e. The number of carbonyl (C=O) groups is 2. The molecule has 0 saturated carbocycles. The summed E-state index contributed by atoms with van der Waals surface area (Å²) in [6.45, 7) is 0. The highest BCUT2D eigenvalue weighted by Gasteiger charge is 2.29. The Morgan fingerprint density at radius 2 is 1.33 bits per heavy atom. The van der Waals surface area contributed by atoms with Crippen molar-refractivity contribution in [1.29, 1.82) is 0 Å². The molecule has 0 aromatic rings. The van der Waals surface area contributed by atoms with Crippen molar-refractivity contribution in [2.24, 2.45) is 0 Å². The van der Waals surface area contributed by atoms with E-state index in [0.717, 1.165) is 0 Å². The molecule has 1 heterocycles. The molecule has 0 fully saturated rings. The number of halogens is 2. The van der Waals surface area contributed by atoms with Gasteiger partial charge in [0.2, 0.25) is 10.2 Å². The van der Waals surface area contributed by atoms with Crippen molar-refractivity contribution in [2.75, 3.05) is 0 Å². The van der Waals surface area contributed by atoms with Gasteiger partial charge < -0.3 is 0 Å². The van der Waals surface area contributed by atoms with Crippen LogP contribution in [0.1, 0.15) is 0 Å². The van der Waals surface area contributed by atoms with E-state index >= 15 is 0 Å². The second-order valence-corrected chi connectivity index (χ2v) is 3.01. The van der Waals surface area contributed by atoms with Gasteiger partial charge in [-0.1, -0.05) is 23.2 Å². The molecule has 9 heavy (non-hydrogen) atoms. The van der Waals surface area contributed by atoms with Gasteiger partial charge in [0.05, 0.1) is 0 Å². The van der Waals surface area contributed by atoms with Crippen LogP contribution in [0.3, 0.4) is 0 Å². The molecule has 0 aromatic heterocycles. The Labute approximate surface area is 65.2 Å². The van der Waals surface area contributed by atoms with Crippen molar-refractivity contribution >= 4 is 45.2 Å². The normalized spacial score (nSPS) is 19.8. The first-order valence-electron chi connectivity index (χ1n) is 1.94. The van der Waals surface area contributed by atoms with E-state index in [-0.39, 0.29) is 10.1 Å². The Hall–Kier alpha value is 0.01000. The third-order valence-electron chi connectivity index (χ3n) is 0.737. The van der Waals surface area contributed by atoms with Crippen LogP contribution >= 0.6 is 35.0 Å². The highest BCUT2D eigenvalue weighted by molar-refractivity contribution is 8.27. The fourth-order valence-electron chi connectivity index (χ4n) is 0.353. The van der Waals surface area contributed by atoms with Crippen molar-refractivity contribution in [3.63, 3.8) is 0 Å². The maximum absolute atomic E-state index is 10.5. The summed E-state index contributed by atoms with van der Waals surface area (Å²) < 4.78 is 0. The third kappa shape index (κ3) is 1.13. The summed E-state index contributed by atoms with van der Waals surface area (Å²) in [4.78, 5) is 20.9. The summed E-state index contributed by atoms with van der Waals surface area (Å²) in [5.74, 6) is 0. The van der Waals surface area contributed by atoms with Gasteiger partial charge >= 0.3 is 0 Å². The smallest absolute Gasteiger partial charge is 0.240 e. The Kier molecular flexibility index (Phi) is 1.84. The summed E-state index contributed by atoms with van der Waals surface area (Å²) in [5.41, 5.74) is 0. The van der Waals surface area contributed by atoms with Crippen LogP contribution in [0.25, 0.3) is 0 Å². The Morgan fingerprint density at radius 1 is 1.00 bits per heavy atom. The van der Waals surface area contributed by atoms with E-state index < -0.39 is 10.2 Å². The summed E-state index contributed by atoms with van der Waals surface area (Å²) in [5, 5.41) is -1.25. The van der Waals surface area contributed by atoms with Gasteiger partial charge in [-0.05, 0) is 11.8 Å². The van der Waals surface area contributed by atoms with E-state index in [9.17, 15) is 9.59 Å². The molecular formula is C4Cl2O2S. The predicted molar refractivity (Wildman–Crippen MR) is 36.3 cm³/mol. The number of hydrogen-bond acceptors (Lipinski definition) is 3. The van der Waals surface area contributed by atoms with Crippen LogP contribution in [0.2, 0.25) is 0 Å². The van der Waals surface area contributed by atoms with E-state index in [0.29, 0.717) is 11.8 Å². The molecule has 5 heteroatoms. The SMILES string of the molecule is O=C1SC(=O)C(Cl)=C1Cl. The molecule has 0 amide bonds. The van der Waals surface area contributed by atoms with Crippen molar-refractivity contribution in [1.82, 2.24) is 0 Å². The first kappa shape index (κ1) is 7.12. The lowest BCUT2D eigenvalue weighted by Crippen LogP contribution is -1.82. The monoisotopic (exact) mass is 182 g/mol. The molecule has 0 N–H and O–H groups in total. The lowest BCUT2D eigenvalue weighted by atomic mass is 10.5. The van der Waals surface area contributed by atoms with Crippen LogP contribution in [0.15, 0.2) is 10.1 Å². The lowest BCUT2D eigenvalue weighted by Gasteiger charge is -1.77. The zero-order valence-electron chi connectivity index (χ0n) is 3.98. The molecule has 0 unspecified atom stereocenters. The standard InChI is InChI=1S/C4Cl2O2S/c5-1-2(6)4(8)9-3(1)7. The molecule has 2 nitrogen and oxygen atoms in total. The van der Waals surface area contributed by atoms with Gasteiger partial charge in [0.25, 0.3) is 0 Å². The molecule has 0 bridgehead atoms. The van der Waals surface area contributed by atoms with Crippen LogP contribution in [0.5, 0.6) is 0 Å². The van der Waals surface area contributed by atoms with Crippen molar-refractivity contribution < 1.29 is 9.59 Å². The molecule has 0 spiro atoms. The molecule has 1 rings (SSSR count). The molecule has 0 radical (unpaired) electrons. The zero-order chi connectivity index (χ0) is 7.02. The lowest BCUT2D eigenvalue weighted by molar-refractivity contribution is -0.107. The van der Waals surface area contributed by atoms with Crippen molar-refractivity contribution in [2.45, 2.75) is 0 Å². The Morgan fingerprint density at radius 3 is 1.44 bits per heavy atom. The highest BCUT2D eigenvalue weighted by Crippen LogP contribution is 2.32. The van der Waals surface area contributed by atoms with Crippen LogP contribution in [0.4, 0.5) is 0 Å². The van der Waals surface area contributed by atoms with Crippen LogP contribution in [0, 0.1) is 0 Å². The molecule has 0 aliphatic carbocycles. The van der Waals surface area contributed by atoms with Gasteiger partial charge in [-0.2, -0.15) is 0 Å². The number of carbonyl (C=O) groups excluding carboxylic acids is 2. The summed E-state index contributed by atoms with van der Waals surface area (Å²) >= 11 is 11.0. The second kappa shape index (κ2) is 2.33. The third-order valence-corrected chi connectivity index (χ3v) is 2.56. The van der Waals surface area contributed by atoms with Gasteiger partial charge in [-0.3, -0.25) is 9.59 Å². The molecular weight excluding hydrogens is 183 g/mol. The molecule has 0 saturated heterocycles. The minimum Gasteiger partial charge on any atom is -0.280 e. The zero-order valence-corrected chi connectivity index (χ0v) is 6.31. The molecule has 48 valence electrons. The van der Waals surface area contributed by atoms with E-state index in [1.54, 1.807) is 0 Å². The maximum atomic E-state index is 10.5. The summed E-state index contributed by atoms with van der Waals surface area (Å²) in [6, 6.07) is 0. The fourth-order valence-corrected chi connectivity index (χ4v) is 1.42. The van der Waals surface area contributed by atoms with Gasteiger partial charge in [-0.25, -0.2) is 0 Å². The van der Waals surface area contributed by atoms with Crippen molar-refractivity contribution in [3.05, 3.63) is 10.1 Å². The second-order valence-electron chi connectivity index (χ2n) is 1.30. The molecule has 0 aromatic carbocycles. The van der Waals surface area contributed by atoms with Crippen molar-refractivity contribution in [3.8, 4) is 0 Å². The molecule has 1 aliphatic heterocycles. The van der Waals surface area contributed by atoms with Crippen LogP contribution in [-0.2, 0) is 9.59 Å². The van der Waals surface area contributed by atoms with E-state index in [1.165, 1.54) is 0 Å². The topological polar surface area (TPSA) is 34.1 Å². The number of rotatable bonds is 0. The van der Waals surface area contributed by atoms with Gasteiger partial charge in [0.1, 0.15) is 10.1 Å². The van der Waals surface area contributed by atoms with Crippen LogP contribution in [-0.4, -0.2) is 10.2 Å². The first-order valence-corrected chi connectivity index (χ1v) is 3.52. The largest absolute Gasteiger partial charge is 0.280 e. The van der Waals surface area contributed by atoms with Gasteiger partial charge in [-0.15, -0.1) is 0 Å². The number of hydrogen-bond donors (Lipinski definition) is 0. The predicted octanol–water partition coefficient (Wildman–Crippen LogP) is 1.48. The Balaban J connectivity index is 3.06. The highest BCUT2D eigenvalue weighted by atomic mass is 35.5. The molecule has 1 aliphatic rings. The minimum absolute atomic E-state index is 0.160. The average Bonchev–Trinajstić information content (AvgIpc) is 1.98. The average molecular weight is 183 g/mol. The summed E-state index contributed by atoms with van der Waals surface area (Å²) in [6.07, 6.45) is 0. The van der Waals surface area contributed by atoms with E-state index in [4.69, 9.17) is 23.2 Å². The quantitative estimate of drug-likeness (QED) is 0.570.